The second kappa shape index (κ2) is 5.82. The standard InChI is InChI=1S/C18H16N2O2/c1-21-15-9-17-16(18(10-15)22-2)6-7-20(17)12-14-5-3-4-13(8-14)11-19/h3-10H,12H2,1-2H3. The normalized spacial score (nSPS) is 10.4. The Bertz CT molecular complexity index is 859. The van der Waals surface area contributed by atoms with Gasteiger partial charge in [-0.25, -0.2) is 0 Å². The molecular formula is C18H16N2O2. The highest BCUT2D eigenvalue weighted by atomic mass is 16.5. The lowest BCUT2D eigenvalue weighted by molar-refractivity contribution is 0.398. The second-order valence-corrected chi connectivity index (χ2v) is 5.02. The van der Waals surface area contributed by atoms with E-state index >= 15 is 0 Å². The van der Waals surface area contributed by atoms with E-state index < -0.39 is 0 Å². The lowest BCUT2D eigenvalue weighted by Gasteiger charge is -2.10. The summed E-state index contributed by atoms with van der Waals surface area (Å²) < 4.78 is 12.9. The van der Waals surface area contributed by atoms with E-state index in [0.29, 0.717) is 12.1 Å². The number of benzene rings is 2. The van der Waals surface area contributed by atoms with Crippen LogP contribution < -0.4 is 9.47 Å². The van der Waals surface area contributed by atoms with Gasteiger partial charge in [-0.05, 0) is 23.8 Å². The first-order valence-corrected chi connectivity index (χ1v) is 6.95. The maximum Gasteiger partial charge on any atom is 0.131 e. The Kier molecular flexibility index (Phi) is 3.71. The molecule has 0 aliphatic rings. The summed E-state index contributed by atoms with van der Waals surface area (Å²) in [5.41, 5.74) is 2.79. The first-order valence-electron chi connectivity index (χ1n) is 6.95. The maximum absolute atomic E-state index is 9.01. The van der Waals surface area contributed by atoms with E-state index in [1.54, 1.807) is 14.2 Å². The zero-order valence-electron chi connectivity index (χ0n) is 12.5. The SMILES string of the molecule is COc1cc(OC)c2ccn(Cc3cccc(C#N)c3)c2c1. The van der Waals surface area contributed by atoms with E-state index in [1.807, 2.05) is 48.7 Å². The fourth-order valence-electron chi connectivity index (χ4n) is 2.60. The predicted molar refractivity (Wildman–Crippen MR) is 85.3 cm³/mol. The molecule has 2 aromatic carbocycles. The summed E-state index contributed by atoms with van der Waals surface area (Å²) in [5, 5.41) is 10.0. The van der Waals surface area contributed by atoms with Gasteiger partial charge in [-0.15, -0.1) is 0 Å². The zero-order valence-corrected chi connectivity index (χ0v) is 12.5. The molecule has 0 radical (unpaired) electrons. The predicted octanol–water partition coefficient (Wildman–Crippen LogP) is 3.58. The topological polar surface area (TPSA) is 47.2 Å². The average Bonchev–Trinajstić information content (AvgIpc) is 2.97. The Labute approximate surface area is 129 Å². The molecule has 4 heteroatoms. The highest BCUT2D eigenvalue weighted by Crippen LogP contribution is 2.32. The lowest BCUT2D eigenvalue weighted by Crippen LogP contribution is -1.99. The van der Waals surface area contributed by atoms with Gasteiger partial charge in [0.1, 0.15) is 11.5 Å². The number of rotatable bonds is 4. The van der Waals surface area contributed by atoms with Crippen molar-refractivity contribution in [2.24, 2.45) is 0 Å². The molecule has 3 aromatic rings. The van der Waals surface area contributed by atoms with Crippen LogP contribution in [0.25, 0.3) is 10.9 Å². The van der Waals surface area contributed by atoms with Crippen LogP contribution in [-0.4, -0.2) is 18.8 Å². The van der Waals surface area contributed by atoms with E-state index in [-0.39, 0.29) is 0 Å². The smallest absolute Gasteiger partial charge is 0.131 e. The van der Waals surface area contributed by atoms with Gasteiger partial charge in [0, 0.05) is 30.3 Å². The monoisotopic (exact) mass is 292 g/mol. The number of hydrogen-bond acceptors (Lipinski definition) is 3. The highest BCUT2D eigenvalue weighted by Gasteiger charge is 2.10. The molecule has 0 atom stereocenters. The summed E-state index contributed by atoms with van der Waals surface area (Å²) in [4.78, 5) is 0. The molecule has 22 heavy (non-hydrogen) atoms. The zero-order chi connectivity index (χ0) is 15.5. The first-order chi connectivity index (χ1) is 10.7. The van der Waals surface area contributed by atoms with Gasteiger partial charge in [0.2, 0.25) is 0 Å². The highest BCUT2D eigenvalue weighted by molar-refractivity contribution is 5.88. The van der Waals surface area contributed by atoms with Crippen molar-refractivity contribution in [3.63, 3.8) is 0 Å². The lowest BCUT2D eigenvalue weighted by atomic mass is 10.1. The minimum Gasteiger partial charge on any atom is -0.497 e. The first kappa shape index (κ1) is 14.0. The van der Waals surface area contributed by atoms with Gasteiger partial charge in [0.15, 0.2) is 0 Å². The van der Waals surface area contributed by atoms with Crippen LogP contribution in [0.3, 0.4) is 0 Å². The number of aromatic nitrogens is 1. The van der Waals surface area contributed by atoms with Crippen molar-refractivity contribution < 1.29 is 9.47 Å². The van der Waals surface area contributed by atoms with Gasteiger partial charge in [-0.1, -0.05) is 12.1 Å². The minimum absolute atomic E-state index is 0.670. The van der Waals surface area contributed by atoms with Gasteiger partial charge >= 0.3 is 0 Å². The van der Waals surface area contributed by atoms with Crippen LogP contribution in [0.1, 0.15) is 11.1 Å². The third kappa shape index (κ3) is 2.49. The molecule has 0 saturated heterocycles. The Morgan fingerprint density at radius 1 is 1.09 bits per heavy atom. The molecule has 0 bridgehead atoms. The third-order valence-electron chi connectivity index (χ3n) is 3.69. The van der Waals surface area contributed by atoms with Crippen molar-refractivity contribution in [1.82, 2.24) is 4.57 Å². The van der Waals surface area contributed by atoms with E-state index in [2.05, 4.69) is 10.6 Å². The molecule has 0 saturated carbocycles. The summed E-state index contributed by atoms with van der Waals surface area (Å²) in [6, 6.07) is 15.7. The minimum atomic E-state index is 0.670. The summed E-state index contributed by atoms with van der Waals surface area (Å²) in [7, 11) is 3.30. The van der Waals surface area contributed by atoms with E-state index in [4.69, 9.17) is 14.7 Å². The Morgan fingerprint density at radius 3 is 2.68 bits per heavy atom. The summed E-state index contributed by atoms with van der Waals surface area (Å²) >= 11 is 0. The summed E-state index contributed by atoms with van der Waals surface area (Å²) in [6.45, 7) is 0.690. The van der Waals surface area contributed by atoms with Gasteiger partial charge < -0.3 is 14.0 Å². The van der Waals surface area contributed by atoms with Crippen molar-refractivity contribution in [2.75, 3.05) is 14.2 Å². The van der Waals surface area contributed by atoms with Gasteiger partial charge in [0.25, 0.3) is 0 Å². The van der Waals surface area contributed by atoms with Crippen LogP contribution in [0.4, 0.5) is 0 Å². The average molecular weight is 292 g/mol. The van der Waals surface area contributed by atoms with Gasteiger partial charge in [-0.3, -0.25) is 0 Å². The quantitative estimate of drug-likeness (QED) is 0.738. The van der Waals surface area contributed by atoms with Crippen molar-refractivity contribution in [2.45, 2.75) is 6.54 Å². The number of nitriles is 1. The van der Waals surface area contributed by atoms with Crippen LogP contribution in [0.5, 0.6) is 11.5 Å². The molecule has 4 nitrogen and oxygen atoms in total. The van der Waals surface area contributed by atoms with Crippen LogP contribution in [0.2, 0.25) is 0 Å². The fraction of sp³-hybridized carbons (Fsp3) is 0.167. The molecule has 0 N–H and O–H groups in total. The molecule has 0 fully saturated rings. The Hall–Kier alpha value is -2.93. The molecule has 1 aromatic heterocycles. The number of fused-ring (bicyclic) bond motifs is 1. The molecule has 110 valence electrons. The van der Waals surface area contributed by atoms with Crippen molar-refractivity contribution in [1.29, 1.82) is 5.26 Å². The maximum atomic E-state index is 9.01. The number of hydrogen-bond donors (Lipinski definition) is 0. The fourth-order valence-corrected chi connectivity index (χ4v) is 2.60. The van der Waals surface area contributed by atoms with E-state index in [9.17, 15) is 0 Å². The molecule has 0 spiro atoms. The molecule has 0 aliphatic carbocycles. The molecule has 0 amide bonds. The molecule has 1 heterocycles. The van der Waals surface area contributed by atoms with Crippen molar-refractivity contribution in [3.05, 3.63) is 59.8 Å². The molecular weight excluding hydrogens is 276 g/mol. The Balaban J connectivity index is 2.05. The molecule has 0 aliphatic heterocycles. The van der Waals surface area contributed by atoms with Crippen LogP contribution in [-0.2, 0) is 6.54 Å². The van der Waals surface area contributed by atoms with E-state index in [1.165, 1.54) is 0 Å². The van der Waals surface area contributed by atoms with Crippen molar-refractivity contribution >= 4 is 10.9 Å². The molecule has 3 rings (SSSR count). The summed E-state index contributed by atoms with van der Waals surface area (Å²) in [5.74, 6) is 1.55. The number of nitrogens with zero attached hydrogens (tertiary/aromatic N) is 2. The van der Waals surface area contributed by atoms with Gasteiger partial charge in [-0.2, -0.15) is 5.26 Å². The van der Waals surface area contributed by atoms with Crippen LogP contribution in [0, 0.1) is 11.3 Å². The van der Waals surface area contributed by atoms with E-state index in [0.717, 1.165) is 28.0 Å². The second-order valence-electron chi connectivity index (χ2n) is 5.02. The van der Waals surface area contributed by atoms with Crippen LogP contribution in [0.15, 0.2) is 48.7 Å². The molecule has 0 unspecified atom stereocenters. The largest absolute Gasteiger partial charge is 0.497 e. The number of methoxy groups -OCH3 is 2. The van der Waals surface area contributed by atoms with Crippen LogP contribution >= 0.6 is 0 Å². The number of ether oxygens (including phenoxy) is 2. The van der Waals surface area contributed by atoms with Gasteiger partial charge in [0.05, 0.1) is 31.4 Å². The van der Waals surface area contributed by atoms with Crippen molar-refractivity contribution in [3.8, 4) is 17.6 Å². The third-order valence-corrected chi connectivity index (χ3v) is 3.69. The Morgan fingerprint density at radius 2 is 1.95 bits per heavy atom. The summed E-state index contributed by atoms with van der Waals surface area (Å²) in [6.07, 6.45) is 2.02.